The molecule has 0 bridgehead atoms. The van der Waals surface area contributed by atoms with Crippen molar-refractivity contribution < 1.29 is 9.90 Å². The van der Waals surface area contributed by atoms with Crippen LogP contribution in [0.15, 0.2) is 24.4 Å². The summed E-state index contributed by atoms with van der Waals surface area (Å²) in [4.78, 5) is 10.5. The van der Waals surface area contributed by atoms with Gasteiger partial charge in [0.25, 0.3) is 0 Å². The van der Waals surface area contributed by atoms with Crippen molar-refractivity contribution in [1.29, 1.82) is 0 Å². The molecule has 1 N–H and O–H groups in total. The minimum absolute atomic E-state index is 0.0749. The summed E-state index contributed by atoms with van der Waals surface area (Å²) in [5, 5.41) is 16.6. The van der Waals surface area contributed by atoms with E-state index in [-0.39, 0.29) is 6.42 Å². The molecule has 0 radical (unpaired) electrons. The summed E-state index contributed by atoms with van der Waals surface area (Å²) in [6, 6.07) is 5.98. The van der Waals surface area contributed by atoms with Gasteiger partial charge in [-0.05, 0) is 31.0 Å². The lowest BCUT2D eigenvalue weighted by Crippen LogP contribution is -1.99. The van der Waals surface area contributed by atoms with Crippen LogP contribution in [0, 0.1) is 13.8 Å². The summed E-state index contributed by atoms with van der Waals surface area (Å²) in [5.74, 6) is -0.823. The first-order valence-corrected chi connectivity index (χ1v) is 5.77. The third kappa shape index (κ3) is 2.56. The summed E-state index contributed by atoms with van der Waals surface area (Å²) >= 11 is 0. The maximum absolute atomic E-state index is 10.5. The predicted molar refractivity (Wildman–Crippen MR) is 66.8 cm³/mol. The number of carbonyl (C=O) groups is 1. The summed E-state index contributed by atoms with van der Waals surface area (Å²) in [6.45, 7) is 4.07. The van der Waals surface area contributed by atoms with Crippen LogP contribution in [-0.2, 0) is 11.2 Å². The van der Waals surface area contributed by atoms with E-state index < -0.39 is 5.97 Å². The van der Waals surface area contributed by atoms with Crippen LogP contribution in [0.1, 0.15) is 23.2 Å². The van der Waals surface area contributed by atoms with Gasteiger partial charge in [0.1, 0.15) is 0 Å². The Morgan fingerprint density at radius 1 is 1.39 bits per heavy atom. The molecule has 5 heteroatoms. The van der Waals surface area contributed by atoms with E-state index in [0.29, 0.717) is 12.1 Å². The highest BCUT2D eigenvalue weighted by Gasteiger charge is 2.07. The molecule has 0 fully saturated rings. The van der Waals surface area contributed by atoms with E-state index in [4.69, 9.17) is 5.11 Å². The average Bonchev–Trinajstić information content (AvgIpc) is 2.78. The molecule has 0 atom stereocenters. The van der Waals surface area contributed by atoms with E-state index in [9.17, 15) is 4.79 Å². The van der Waals surface area contributed by atoms with Crippen molar-refractivity contribution in [2.24, 2.45) is 0 Å². The van der Waals surface area contributed by atoms with Gasteiger partial charge in [-0.2, -0.15) is 0 Å². The monoisotopic (exact) mass is 245 g/mol. The Bertz CT molecular complexity index is 575. The zero-order chi connectivity index (χ0) is 13.1. The Morgan fingerprint density at radius 2 is 2.17 bits per heavy atom. The summed E-state index contributed by atoms with van der Waals surface area (Å²) in [5.41, 5.74) is 4.00. The number of hydrogen-bond acceptors (Lipinski definition) is 3. The number of benzene rings is 1. The van der Waals surface area contributed by atoms with Gasteiger partial charge in [-0.25, -0.2) is 4.68 Å². The van der Waals surface area contributed by atoms with Crippen LogP contribution in [0.3, 0.4) is 0 Å². The van der Waals surface area contributed by atoms with Gasteiger partial charge in [-0.3, -0.25) is 4.79 Å². The predicted octanol–water partition coefficient (Wildman–Crippen LogP) is 1.90. The highest BCUT2D eigenvalue weighted by Crippen LogP contribution is 2.16. The molecule has 0 aliphatic heterocycles. The fraction of sp³-hybridized carbons (Fsp3) is 0.308. The van der Waals surface area contributed by atoms with Crippen LogP contribution in [0.25, 0.3) is 5.69 Å². The van der Waals surface area contributed by atoms with E-state index in [0.717, 1.165) is 11.3 Å². The molecule has 0 saturated heterocycles. The number of aryl methyl sites for hydroxylation is 2. The van der Waals surface area contributed by atoms with Crippen molar-refractivity contribution in [1.82, 2.24) is 15.0 Å². The number of carboxylic acids is 1. The van der Waals surface area contributed by atoms with Crippen molar-refractivity contribution in [3.05, 3.63) is 41.2 Å². The minimum Gasteiger partial charge on any atom is -0.481 e. The summed E-state index contributed by atoms with van der Waals surface area (Å²) in [6.07, 6.45) is 2.26. The third-order valence-electron chi connectivity index (χ3n) is 2.96. The molecule has 18 heavy (non-hydrogen) atoms. The van der Waals surface area contributed by atoms with E-state index in [2.05, 4.69) is 10.3 Å². The molecule has 1 aromatic heterocycles. The van der Waals surface area contributed by atoms with Gasteiger partial charge < -0.3 is 5.11 Å². The first kappa shape index (κ1) is 12.3. The number of hydrogen-bond donors (Lipinski definition) is 1. The molecule has 0 spiro atoms. The average molecular weight is 245 g/mol. The van der Waals surface area contributed by atoms with Gasteiger partial charge in [0, 0.05) is 6.42 Å². The quantitative estimate of drug-likeness (QED) is 0.893. The largest absolute Gasteiger partial charge is 0.481 e. The van der Waals surface area contributed by atoms with Gasteiger partial charge in [-0.15, -0.1) is 5.10 Å². The zero-order valence-corrected chi connectivity index (χ0v) is 10.4. The molecule has 0 saturated carbocycles. The highest BCUT2D eigenvalue weighted by molar-refractivity contribution is 5.66. The molecule has 0 amide bonds. The van der Waals surface area contributed by atoms with Gasteiger partial charge in [0.05, 0.1) is 24.0 Å². The van der Waals surface area contributed by atoms with Crippen LogP contribution < -0.4 is 0 Å². The molecule has 1 aromatic carbocycles. The Morgan fingerprint density at radius 3 is 2.89 bits per heavy atom. The molecule has 0 aliphatic carbocycles. The van der Waals surface area contributed by atoms with Crippen LogP contribution in [0.4, 0.5) is 0 Å². The lowest BCUT2D eigenvalue weighted by Gasteiger charge is -2.06. The standard InChI is InChI=1S/C13H15N3O2/c1-9-4-3-5-12(10(9)2)16-8-11(14-15-16)6-7-13(17)18/h3-5,8H,6-7H2,1-2H3,(H,17,18). The molecule has 2 aromatic rings. The molecular weight excluding hydrogens is 230 g/mol. The number of aromatic nitrogens is 3. The van der Waals surface area contributed by atoms with Gasteiger partial charge in [0.15, 0.2) is 0 Å². The number of rotatable bonds is 4. The van der Waals surface area contributed by atoms with Crippen LogP contribution >= 0.6 is 0 Å². The van der Waals surface area contributed by atoms with Crippen LogP contribution in [0.2, 0.25) is 0 Å². The summed E-state index contributed by atoms with van der Waals surface area (Å²) in [7, 11) is 0. The number of aliphatic carboxylic acids is 1. The second-order valence-corrected chi connectivity index (χ2v) is 4.27. The molecule has 1 heterocycles. The van der Waals surface area contributed by atoms with Crippen molar-refractivity contribution in [2.75, 3.05) is 0 Å². The normalized spacial score (nSPS) is 10.6. The van der Waals surface area contributed by atoms with E-state index in [1.54, 1.807) is 10.9 Å². The highest BCUT2D eigenvalue weighted by atomic mass is 16.4. The van der Waals surface area contributed by atoms with Gasteiger partial charge >= 0.3 is 5.97 Å². The second-order valence-electron chi connectivity index (χ2n) is 4.27. The van der Waals surface area contributed by atoms with E-state index >= 15 is 0 Å². The SMILES string of the molecule is Cc1cccc(-n2cc(CCC(=O)O)nn2)c1C. The fourth-order valence-electron chi connectivity index (χ4n) is 1.75. The van der Waals surface area contributed by atoms with E-state index in [1.807, 2.05) is 32.0 Å². The topological polar surface area (TPSA) is 68.0 Å². The molecular formula is C13H15N3O2. The Balaban J connectivity index is 2.24. The minimum atomic E-state index is -0.823. The first-order chi connectivity index (χ1) is 8.58. The van der Waals surface area contributed by atoms with Crippen LogP contribution in [-0.4, -0.2) is 26.1 Å². The number of carboxylic acid groups (broad SMARTS) is 1. The summed E-state index contributed by atoms with van der Waals surface area (Å²) < 4.78 is 1.69. The number of nitrogens with zero attached hydrogens (tertiary/aromatic N) is 3. The van der Waals surface area contributed by atoms with E-state index in [1.165, 1.54) is 5.56 Å². The molecule has 5 nitrogen and oxygen atoms in total. The van der Waals surface area contributed by atoms with Crippen molar-refractivity contribution in [3.8, 4) is 5.69 Å². The Hall–Kier alpha value is -2.17. The molecule has 0 unspecified atom stereocenters. The molecule has 94 valence electrons. The molecule has 0 aliphatic rings. The van der Waals surface area contributed by atoms with Gasteiger partial charge in [-0.1, -0.05) is 17.3 Å². The lowest BCUT2D eigenvalue weighted by molar-refractivity contribution is -0.136. The maximum atomic E-state index is 10.5. The smallest absolute Gasteiger partial charge is 0.303 e. The lowest BCUT2D eigenvalue weighted by atomic mass is 10.1. The van der Waals surface area contributed by atoms with Crippen molar-refractivity contribution in [2.45, 2.75) is 26.7 Å². The fourth-order valence-corrected chi connectivity index (χ4v) is 1.75. The maximum Gasteiger partial charge on any atom is 0.303 e. The zero-order valence-electron chi connectivity index (χ0n) is 10.4. The molecule has 2 rings (SSSR count). The first-order valence-electron chi connectivity index (χ1n) is 5.77. The second kappa shape index (κ2) is 5.00. The van der Waals surface area contributed by atoms with Crippen molar-refractivity contribution in [3.63, 3.8) is 0 Å². The van der Waals surface area contributed by atoms with Crippen molar-refractivity contribution >= 4 is 5.97 Å². The van der Waals surface area contributed by atoms with Crippen LogP contribution in [0.5, 0.6) is 0 Å². The Kier molecular flexibility index (Phi) is 3.41. The Labute approximate surface area is 105 Å². The third-order valence-corrected chi connectivity index (χ3v) is 2.96. The van der Waals surface area contributed by atoms with Gasteiger partial charge in [0.2, 0.25) is 0 Å².